The van der Waals surface area contributed by atoms with Crippen molar-refractivity contribution in [3.63, 3.8) is 0 Å². The minimum atomic E-state index is -0.399. The van der Waals surface area contributed by atoms with Crippen molar-refractivity contribution in [1.82, 2.24) is 9.55 Å². The van der Waals surface area contributed by atoms with Crippen molar-refractivity contribution in [1.29, 1.82) is 0 Å². The number of aromatic nitrogens is 2. The fourth-order valence-electron chi connectivity index (χ4n) is 3.68. The number of carbonyl (C=O) groups excluding carboxylic acids is 1. The molecule has 0 aliphatic carbocycles. The van der Waals surface area contributed by atoms with Gasteiger partial charge in [-0.2, -0.15) is 0 Å². The molecule has 0 spiro atoms. The molecule has 1 aromatic heterocycles. The summed E-state index contributed by atoms with van der Waals surface area (Å²) in [6.07, 6.45) is 0. The lowest BCUT2D eigenvalue weighted by Crippen LogP contribution is -2.23. The highest BCUT2D eigenvalue weighted by atomic mass is 32.2. The third kappa shape index (κ3) is 4.23. The lowest BCUT2D eigenvalue weighted by molar-refractivity contribution is -0.113. The minimum Gasteiger partial charge on any atom is -0.325 e. The van der Waals surface area contributed by atoms with E-state index in [2.05, 4.69) is 10.3 Å². The van der Waals surface area contributed by atoms with Gasteiger partial charge in [-0.05, 0) is 47.9 Å². The van der Waals surface area contributed by atoms with Crippen molar-refractivity contribution >= 4 is 45.0 Å². The number of hydrogen-bond donors (Lipinski definition) is 1. The Labute approximate surface area is 192 Å². The maximum absolute atomic E-state index is 13.5. The van der Waals surface area contributed by atoms with Gasteiger partial charge in [0.15, 0.2) is 5.16 Å². The number of thioether (sulfide) groups is 1. The van der Waals surface area contributed by atoms with E-state index in [4.69, 9.17) is 0 Å². The van der Waals surface area contributed by atoms with Gasteiger partial charge in [0.05, 0.1) is 22.3 Å². The summed E-state index contributed by atoms with van der Waals surface area (Å²) in [4.78, 5) is 30.6. The van der Waals surface area contributed by atoms with Crippen LogP contribution in [0.25, 0.3) is 27.4 Å². The Balaban J connectivity index is 1.47. The summed E-state index contributed by atoms with van der Waals surface area (Å²) in [7, 11) is 0. The van der Waals surface area contributed by atoms with Crippen LogP contribution in [0.3, 0.4) is 0 Å². The molecular weight excluding hydrogens is 437 g/mol. The third-order valence-corrected chi connectivity index (χ3v) is 6.16. The first-order valence-electron chi connectivity index (χ1n) is 10.3. The number of anilines is 1. The number of nitrogens with zero attached hydrogens (tertiary/aromatic N) is 2. The molecule has 0 saturated heterocycles. The highest BCUT2D eigenvalue weighted by molar-refractivity contribution is 7.99. The zero-order valence-corrected chi connectivity index (χ0v) is 18.2. The van der Waals surface area contributed by atoms with Crippen molar-refractivity contribution in [2.75, 3.05) is 11.1 Å². The summed E-state index contributed by atoms with van der Waals surface area (Å²) >= 11 is 1.15. The van der Waals surface area contributed by atoms with Gasteiger partial charge in [-0.15, -0.1) is 0 Å². The quantitative estimate of drug-likeness (QED) is 0.284. The average molecular weight is 456 g/mol. The smallest absolute Gasteiger partial charge is 0.266 e. The van der Waals surface area contributed by atoms with Crippen molar-refractivity contribution in [3.05, 3.63) is 107 Å². The number of hydrogen-bond acceptors (Lipinski definition) is 4. The molecule has 0 unspecified atom stereocenters. The Morgan fingerprint density at radius 1 is 0.879 bits per heavy atom. The Morgan fingerprint density at radius 3 is 2.39 bits per heavy atom. The van der Waals surface area contributed by atoms with E-state index in [0.29, 0.717) is 21.7 Å². The van der Waals surface area contributed by atoms with Gasteiger partial charge in [0.2, 0.25) is 5.91 Å². The maximum Gasteiger partial charge on any atom is 0.266 e. The number of carbonyl (C=O) groups is 1. The molecule has 7 heteroatoms. The Hall–Kier alpha value is -3.97. The summed E-state index contributed by atoms with van der Waals surface area (Å²) in [5, 5.41) is 5.74. The molecule has 4 aromatic carbocycles. The monoisotopic (exact) mass is 455 g/mol. The van der Waals surface area contributed by atoms with Gasteiger partial charge >= 0.3 is 0 Å². The fraction of sp³-hybridized carbons (Fsp3) is 0.0385. The minimum absolute atomic E-state index is 0.0508. The van der Waals surface area contributed by atoms with E-state index in [-0.39, 0.29) is 17.2 Å². The molecule has 5 rings (SSSR count). The van der Waals surface area contributed by atoms with E-state index < -0.39 is 5.82 Å². The predicted molar refractivity (Wildman–Crippen MR) is 131 cm³/mol. The number of rotatable bonds is 5. The van der Waals surface area contributed by atoms with Crippen LogP contribution in [0.15, 0.2) is 101 Å². The first kappa shape index (κ1) is 20.9. The molecule has 5 nitrogen and oxygen atoms in total. The summed E-state index contributed by atoms with van der Waals surface area (Å²) < 4.78 is 14.9. The third-order valence-electron chi connectivity index (χ3n) is 5.23. The molecule has 0 saturated carbocycles. The van der Waals surface area contributed by atoms with Gasteiger partial charge in [0.25, 0.3) is 5.56 Å². The van der Waals surface area contributed by atoms with Gasteiger partial charge in [0.1, 0.15) is 5.82 Å². The van der Waals surface area contributed by atoms with Gasteiger partial charge in [-0.3, -0.25) is 14.2 Å². The molecule has 0 fully saturated rings. The van der Waals surface area contributed by atoms with E-state index in [1.165, 1.54) is 28.8 Å². The highest BCUT2D eigenvalue weighted by Crippen LogP contribution is 2.25. The topological polar surface area (TPSA) is 64.0 Å². The maximum atomic E-state index is 13.5. The van der Waals surface area contributed by atoms with Crippen molar-refractivity contribution in [2.45, 2.75) is 5.16 Å². The molecule has 0 aliphatic heterocycles. The lowest BCUT2D eigenvalue weighted by atomic mass is 10.1. The van der Waals surface area contributed by atoms with Crippen LogP contribution in [0.4, 0.5) is 10.1 Å². The predicted octanol–water partition coefficient (Wildman–Crippen LogP) is 5.41. The first-order chi connectivity index (χ1) is 16.1. The van der Waals surface area contributed by atoms with Gasteiger partial charge in [0, 0.05) is 11.1 Å². The Kier molecular flexibility index (Phi) is 5.62. The van der Waals surface area contributed by atoms with Crippen molar-refractivity contribution in [3.8, 4) is 5.69 Å². The Morgan fingerprint density at radius 2 is 1.58 bits per heavy atom. The normalized spacial score (nSPS) is 11.1. The van der Waals surface area contributed by atoms with Crippen LogP contribution >= 0.6 is 11.8 Å². The van der Waals surface area contributed by atoms with Crippen molar-refractivity contribution < 1.29 is 9.18 Å². The van der Waals surface area contributed by atoms with E-state index in [1.807, 2.05) is 42.5 Å². The molecule has 33 heavy (non-hydrogen) atoms. The number of amides is 1. The molecule has 1 amide bonds. The van der Waals surface area contributed by atoms with E-state index in [1.54, 1.807) is 24.3 Å². The van der Waals surface area contributed by atoms with Crippen LogP contribution in [-0.2, 0) is 4.79 Å². The van der Waals surface area contributed by atoms with Crippen LogP contribution in [0.1, 0.15) is 0 Å². The highest BCUT2D eigenvalue weighted by Gasteiger charge is 2.15. The number of fused-ring (bicyclic) bond motifs is 2. The van der Waals surface area contributed by atoms with E-state index in [9.17, 15) is 14.0 Å². The standard InChI is InChI=1S/C26H18FN3O2S/c27-18-12-14-19(15-13-18)30-25(32)21-9-3-4-10-23(21)29-26(30)33-16-24(31)28-22-11-5-7-17-6-1-2-8-20(17)22/h1-15H,16H2,(H,28,31). The van der Waals surface area contributed by atoms with Crippen LogP contribution in [0.2, 0.25) is 0 Å². The van der Waals surface area contributed by atoms with Gasteiger partial charge < -0.3 is 5.32 Å². The van der Waals surface area contributed by atoms with Crippen molar-refractivity contribution in [2.24, 2.45) is 0 Å². The van der Waals surface area contributed by atoms with Gasteiger partial charge in [-0.1, -0.05) is 60.3 Å². The molecule has 1 N–H and O–H groups in total. The molecule has 0 bridgehead atoms. The lowest BCUT2D eigenvalue weighted by Gasteiger charge is -2.13. The molecule has 0 aliphatic rings. The second-order valence-corrected chi connectivity index (χ2v) is 8.33. The molecular formula is C26H18FN3O2S. The van der Waals surface area contributed by atoms with Crippen LogP contribution in [0.5, 0.6) is 0 Å². The largest absolute Gasteiger partial charge is 0.325 e. The van der Waals surface area contributed by atoms with E-state index in [0.717, 1.165) is 28.2 Å². The summed E-state index contributed by atoms with van der Waals surface area (Å²) in [5.41, 5.74) is 1.47. The van der Waals surface area contributed by atoms with Crippen LogP contribution in [-0.4, -0.2) is 21.2 Å². The molecule has 0 atom stereocenters. The SMILES string of the molecule is O=C(CSc1nc2ccccc2c(=O)n1-c1ccc(F)cc1)Nc1cccc2ccccc12. The summed E-state index contributed by atoms with van der Waals surface area (Å²) in [6.45, 7) is 0. The van der Waals surface area contributed by atoms with Crippen LogP contribution < -0.4 is 10.9 Å². The van der Waals surface area contributed by atoms with Crippen LogP contribution in [0, 0.1) is 5.82 Å². The summed E-state index contributed by atoms with van der Waals surface area (Å²) in [6, 6.07) is 26.2. The molecule has 162 valence electrons. The number of benzene rings is 4. The van der Waals surface area contributed by atoms with Gasteiger partial charge in [-0.25, -0.2) is 9.37 Å². The number of para-hydroxylation sites is 1. The summed E-state index contributed by atoms with van der Waals surface area (Å²) in [5.74, 6) is -0.566. The molecule has 1 heterocycles. The number of halogens is 1. The second-order valence-electron chi connectivity index (χ2n) is 7.39. The molecule has 5 aromatic rings. The average Bonchev–Trinajstić information content (AvgIpc) is 2.84. The fourth-order valence-corrected chi connectivity index (χ4v) is 4.49. The van der Waals surface area contributed by atoms with E-state index >= 15 is 0 Å². The zero-order valence-electron chi connectivity index (χ0n) is 17.4. The zero-order chi connectivity index (χ0) is 22.8. The first-order valence-corrected chi connectivity index (χ1v) is 11.3. The molecule has 0 radical (unpaired) electrons. The Bertz CT molecular complexity index is 1540. The number of nitrogens with one attached hydrogen (secondary N) is 1. The second kappa shape index (κ2) is 8.88.